The topological polar surface area (TPSA) is 44.1 Å². The van der Waals surface area contributed by atoms with Crippen LogP contribution in [0.25, 0.3) is 0 Å². The normalized spacial score (nSPS) is 24.1. The van der Waals surface area contributed by atoms with Crippen LogP contribution in [0.1, 0.15) is 32.1 Å². The predicted molar refractivity (Wildman–Crippen MR) is 43.1 cm³/mol. The fraction of sp³-hybridized carbons (Fsp3) is 0.778. The van der Waals surface area contributed by atoms with Crippen LogP contribution < -0.4 is 0 Å². The van der Waals surface area contributed by atoms with Crippen molar-refractivity contribution in [3.05, 3.63) is 0 Å². The van der Waals surface area contributed by atoms with E-state index in [-0.39, 0.29) is 17.9 Å². The van der Waals surface area contributed by atoms with Crippen molar-refractivity contribution in [2.45, 2.75) is 37.6 Å². The third-order valence-corrected chi connectivity index (χ3v) is 3.19. The number of nitrogens with zero attached hydrogens (tertiary/aromatic N) is 2. The summed E-state index contributed by atoms with van der Waals surface area (Å²) in [5, 5.41) is 8.37. The van der Waals surface area contributed by atoms with E-state index in [4.69, 9.17) is 5.26 Å². The first-order chi connectivity index (χ1) is 5.78. The zero-order valence-corrected chi connectivity index (χ0v) is 7.05. The maximum Gasteiger partial charge on any atom is 0.237 e. The number of carbonyl (C=O) groups is 1. The summed E-state index contributed by atoms with van der Waals surface area (Å²) in [5.74, 6) is 0.0310. The molecule has 2 fully saturated rings. The quantitative estimate of drug-likeness (QED) is 0.581. The predicted octanol–water partition coefficient (Wildman–Crippen LogP) is 1.06. The minimum absolute atomic E-state index is 0.0310. The second kappa shape index (κ2) is 2.48. The van der Waals surface area contributed by atoms with Crippen molar-refractivity contribution in [3.8, 4) is 6.07 Å². The highest BCUT2D eigenvalue weighted by Gasteiger charge is 2.50. The first kappa shape index (κ1) is 7.60. The molecule has 3 heteroatoms. The van der Waals surface area contributed by atoms with E-state index in [0.29, 0.717) is 0 Å². The molecule has 1 spiro atoms. The minimum Gasteiger partial charge on any atom is -0.336 e. The van der Waals surface area contributed by atoms with Crippen LogP contribution in [-0.4, -0.2) is 22.9 Å². The first-order valence-corrected chi connectivity index (χ1v) is 4.46. The molecule has 1 amide bonds. The van der Waals surface area contributed by atoms with Crippen molar-refractivity contribution in [2.75, 3.05) is 6.54 Å². The molecule has 0 N–H and O–H groups in total. The molecule has 0 radical (unpaired) electrons. The van der Waals surface area contributed by atoms with Gasteiger partial charge in [0.2, 0.25) is 5.91 Å². The van der Waals surface area contributed by atoms with Crippen molar-refractivity contribution in [3.63, 3.8) is 0 Å². The van der Waals surface area contributed by atoms with E-state index in [1.165, 1.54) is 6.42 Å². The highest BCUT2D eigenvalue weighted by Crippen LogP contribution is 2.47. The van der Waals surface area contributed by atoms with Crippen LogP contribution in [-0.2, 0) is 4.79 Å². The standard InChI is InChI=1S/C9H12N2O/c10-6-2-8(12)11-7-5-9(11)3-1-4-9/h1-5,7H2. The zero-order valence-electron chi connectivity index (χ0n) is 7.05. The lowest BCUT2D eigenvalue weighted by molar-refractivity contribution is -0.154. The van der Waals surface area contributed by atoms with Crippen LogP contribution >= 0.6 is 0 Å². The van der Waals surface area contributed by atoms with Gasteiger partial charge in [0, 0.05) is 12.1 Å². The fourth-order valence-corrected chi connectivity index (χ4v) is 2.20. The Morgan fingerprint density at radius 3 is 2.58 bits per heavy atom. The van der Waals surface area contributed by atoms with Gasteiger partial charge in [0.05, 0.1) is 6.07 Å². The Balaban J connectivity index is 1.97. The number of hydrogen-bond acceptors (Lipinski definition) is 2. The molecule has 1 heterocycles. The average molecular weight is 164 g/mol. The highest BCUT2D eigenvalue weighted by atomic mass is 16.2. The zero-order chi connectivity index (χ0) is 8.60. The highest BCUT2D eigenvalue weighted by molar-refractivity contribution is 5.80. The van der Waals surface area contributed by atoms with Crippen molar-refractivity contribution >= 4 is 5.91 Å². The van der Waals surface area contributed by atoms with Crippen molar-refractivity contribution < 1.29 is 4.79 Å². The monoisotopic (exact) mass is 164 g/mol. The maximum atomic E-state index is 11.3. The molecule has 2 aliphatic rings. The molecule has 1 aliphatic heterocycles. The molecular weight excluding hydrogens is 152 g/mol. The summed E-state index contributed by atoms with van der Waals surface area (Å²) < 4.78 is 0. The smallest absolute Gasteiger partial charge is 0.237 e. The van der Waals surface area contributed by atoms with Crippen LogP contribution in [0.15, 0.2) is 0 Å². The summed E-state index contributed by atoms with van der Waals surface area (Å²) in [6.45, 7) is 0.876. The van der Waals surface area contributed by atoms with E-state index in [0.717, 1.165) is 25.8 Å². The molecule has 0 aromatic rings. The number of amides is 1. The molecule has 1 saturated carbocycles. The Morgan fingerprint density at radius 1 is 1.50 bits per heavy atom. The third-order valence-electron chi connectivity index (χ3n) is 3.19. The maximum absolute atomic E-state index is 11.3. The summed E-state index contributed by atoms with van der Waals surface area (Å²) in [6.07, 6.45) is 4.77. The number of rotatable bonds is 1. The SMILES string of the molecule is N#CCC(=O)N1CCC12CCC2. The van der Waals surface area contributed by atoms with E-state index < -0.39 is 0 Å². The van der Waals surface area contributed by atoms with Crippen LogP contribution in [0.4, 0.5) is 0 Å². The average Bonchev–Trinajstić information content (AvgIpc) is 1.81. The van der Waals surface area contributed by atoms with Crippen LogP contribution in [0, 0.1) is 11.3 Å². The molecule has 1 aliphatic carbocycles. The lowest BCUT2D eigenvalue weighted by atomic mass is 9.68. The molecule has 0 atom stereocenters. The lowest BCUT2D eigenvalue weighted by Gasteiger charge is -2.58. The Labute approximate surface area is 72.0 Å². The van der Waals surface area contributed by atoms with Crippen molar-refractivity contribution in [1.82, 2.24) is 4.90 Å². The van der Waals surface area contributed by atoms with E-state index >= 15 is 0 Å². The lowest BCUT2D eigenvalue weighted by Crippen LogP contribution is -2.65. The van der Waals surface area contributed by atoms with Gasteiger partial charge in [0.1, 0.15) is 6.42 Å². The number of likely N-dealkylation sites (tertiary alicyclic amines) is 1. The molecule has 64 valence electrons. The Kier molecular flexibility index (Phi) is 1.57. The van der Waals surface area contributed by atoms with Gasteiger partial charge in [0.15, 0.2) is 0 Å². The molecule has 1 saturated heterocycles. The van der Waals surface area contributed by atoms with Crippen molar-refractivity contribution in [2.24, 2.45) is 0 Å². The van der Waals surface area contributed by atoms with Gasteiger partial charge in [-0.15, -0.1) is 0 Å². The second-order valence-corrected chi connectivity index (χ2v) is 3.71. The Hall–Kier alpha value is -1.04. The molecule has 12 heavy (non-hydrogen) atoms. The number of nitriles is 1. The van der Waals surface area contributed by atoms with Crippen LogP contribution in [0.5, 0.6) is 0 Å². The van der Waals surface area contributed by atoms with Crippen LogP contribution in [0.3, 0.4) is 0 Å². The summed E-state index contributed by atoms with van der Waals surface area (Å²) in [4.78, 5) is 13.2. The van der Waals surface area contributed by atoms with Gasteiger partial charge in [0.25, 0.3) is 0 Å². The van der Waals surface area contributed by atoms with E-state index in [2.05, 4.69) is 0 Å². The fourth-order valence-electron chi connectivity index (χ4n) is 2.20. The van der Waals surface area contributed by atoms with Gasteiger partial charge in [-0.05, 0) is 25.7 Å². The first-order valence-electron chi connectivity index (χ1n) is 4.46. The van der Waals surface area contributed by atoms with E-state index in [1.807, 2.05) is 11.0 Å². The summed E-state index contributed by atoms with van der Waals surface area (Å²) in [5.41, 5.74) is 0.216. The minimum atomic E-state index is 0.0310. The van der Waals surface area contributed by atoms with Gasteiger partial charge in [-0.1, -0.05) is 0 Å². The molecule has 2 rings (SSSR count). The van der Waals surface area contributed by atoms with E-state index in [9.17, 15) is 4.79 Å². The van der Waals surface area contributed by atoms with Gasteiger partial charge in [-0.3, -0.25) is 4.79 Å². The Morgan fingerprint density at radius 2 is 2.25 bits per heavy atom. The van der Waals surface area contributed by atoms with Crippen molar-refractivity contribution in [1.29, 1.82) is 5.26 Å². The molecule has 0 bridgehead atoms. The largest absolute Gasteiger partial charge is 0.336 e. The molecule has 0 unspecified atom stereocenters. The molecule has 0 aromatic heterocycles. The Bertz CT molecular complexity index is 244. The summed E-state index contributed by atoms with van der Waals surface area (Å²) in [7, 11) is 0. The summed E-state index contributed by atoms with van der Waals surface area (Å²) in [6, 6.07) is 1.91. The third kappa shape index (κ3) is 0.842. The molecule has 0 aromatic carbocycles. The van der Waals surface area contributed by atoms with Crippen LogP contribution in [0.2, 0.25) is 0 Å². The van der Waals surface area contributed by atoms with Gasteiger partial charge in [-0.25, -0.2) is 0 Å². The van der Waals surface area contributed by atoms with Gasteiger partial charge >= 0.3 is 0 Å². The summed E-state index contributed by atoms with van der Waals surface area (Å²) >= 11 is 0. The number of hydrogen-bond donors (Lipinski definition) is 0. The van der Waals surface area contributed by atoms with E-state index in [1.54, 1.807) is 0 Å². The second-order valence-electron chi connectivity index (χ2n) is 3.71. The van der Waals surface area contributed by atoms with Gasteiger partial charge < -0.3 is 4.90 Å². The number of carbonyl (C=O) groups excluding carboxylic acids is 1. The molecular formula is C9H12N2O. The van der Waals surface area contributed by atoms with Gasteiger partial charge in [-0.2, -0.15) is 5.26 Å². The molecule has 3 nitrogen and oxygen atoms in total.